The fraction of sp³-hybridized carbons (Fsp3) is 0.400. The number of carbonyl (C=O) groups is 1. The number of amides is 1. The van der Waals surface area contributed by atoms with Crippen molar-refractivity contribution in [1.82, 2.24) is 25.8 Å². The van der Waals surface area contributed by atoms with E-state index in [0.29, 0.717) is 11.6 Å². The van der Waals surface area contributed by atoms with Crippen LogP contribution in [-0.2, 0) is 11.3 Å². The van der Waals surface area contributed by atoms with Gasteiger partial charge in [-0.05, 0) is 24.3 Å². The molecule has 1 fully saturated rings. The minimum Gasteiger partial charge on any atom is -0.497 e. The third-order valence-corrected chi connectivity index (χ3v) is 3.74. The predicted octanol–water partition coefficient (Wildman–Crippen LogP) is 1.09. The number of hydrogen-bond donors (Lipinski definition) is 3. The van der Waals surface area contributed by atoms with E-state index >= 15 is 0 Å². The average molecular weight is 337 g/mol. The maximum Gasteiger partial charge on any atom is 0.262 e. The molecule has 128 valence electrons. The van der Waals surface area contributed by atoms with Crippen LogP contribution in [0.5, 0.6) is 5.75 Å². The van der Waals surface area contributed by atoms with E-state index in [-0.39, 0.29) is 6.54 Å². The zero-order valence-electron chi connectivity index (χ0n) is 13.0. The lowest BCUT2D eigenvalue weighted by Gasteiger charge is -2.09. The van der Waals surface area contributed by atoms with Crippen molar-refractivity contribution in [1.29, 1.82) is 0 Å². The predicted molar refractivity (Wildman–Crippen MR) is 81.6 cm³/mol. The molecule has 9 heteroatoms. The number of halogens is 2. The first-order chi connectivity index (χ1) is 11.5. The molecule has 0 spiro atoms. The quantitative estimate of drug-likeness (QED) is 0.760. The summed E-state index contributed by atoms with van der Waals surface area (Å²) in [5, 5.41) is 11.9. The van der Waals surface area contributed by atoms with Crippen molar-refractivity contribution in [2.24, 2.45) is 0 Å². The van der Waals surface area contributed by atoms with Crippen molar-refractivity contribution in [2.45, 2.75) is 24.9 Å². The molecular formula is C15H17F2N5O2. The summed E-state index contributed by atoms with van der Waals surface area (Å²) in [6, 6.07) is 6.33. The molecule has 2 heterocycles. The fourth-order valence-corrected chi connectivity index (χ4v) is 2.44. The number of alkyl halides is 2. The van der Waals surface area contributed by atoms with E-state index in [4.69, 9.17) is 4.74 Å². The van der Waals surface area contributed by atoms with E-state index < -0.39 is 30.8 Å². The Morgan fingerprint density at radius 2 is 2.17 bits per heavy atom. The first-order valence-electron chi connectivity index (χ1n) is 7.41. The SMILES string of the molecule is COc1ccc(-c2n[nH]c(CNC(=O)C3CC(F)(F)CN3)n2)cc1. The topological polar surface area (TPSA) is 91.9 Å². The number of benzene rings is 1. The number of methoxy groups -OCH3 is 1. The van der Waals surface area contributed by atoms with E-state index in [2.05, 4.69) is 25.8 Å². The highest BCUT2D eigenvalue weighted by Crippen LogP contribution is 2.25. The summed E-state index contributed by atoms with van der Waals surface area (Å²) in [7, 11) is 1.58. The van der Waals surface area contributed by atoms with Crippen molar-refractivity contribution in [3.05, 3.63) is 30.1 Å². The van der Waals surface area contributed by atoms with Gasteiger partial charge in [-0.25, -0.2) is 13.8 Å². The molecule has 24 heavy (non-hydrogen) atoms. The van der Waals surface area contributed by atoms with Gasteiger partial charge < -0.3 is 10.1 Å². The van der Waals surface area contributed by atoms with Crippen LogP contribution >= 0.6 is 0 Å². The van der Waals surface area contributed by atoms with Crippen LogP contribution in [0, 0.1) is 0 Å². The van der Waals surface area contributed by atoms with Gasteiger partial charge in [0.2, 0.25) is 5.91 Å². The highest BCUT2D eigenvalue weighted by atomic mass is 19.3. The highest BCUT2D eigenvalue weighted by Gasteiger charge is 2.42. The standard InChI is InChI=1S/C15H17F2N5O2/c1-24-10-4-2-9(3-5-10)13-20-12(21-22-13)7-18-14(23)11-6-15(16,17)8-19-11/h2-5,11,19H,6-8H2,1H3,(H,18,23)(H,20,21,22). The summed E-state index contributed by atoms with van der Waals surface area (Å²) in [4.78, 5) is 16.1. The van der Waals surface area contributed by atoms with E-state index in [1.165, 1.54) is 0 Å². The lowest BCUT2D eigenvalue weighted by Crippen LogP contribution is -2.40. The molecule has 1 aromatic heterocycles. The molecule has 1 atom stereocenters. The maximum atomic E-state index is 13.1. The van der Waals surface area contributed by atoms with Crippen LogP contribution in [0.25, 0.3) is 11.4 Å². The van der Waals surface area contributed by atoms with Gasteiger partial charge in [0.25, 0.3) is 5.92 Å². The summed E-state index contributed by atoms with van der Waals surface area (Å²) >= 11 is 0. The van der Waals surface area contributed by atoms with Crippen LogP contribution in [0.4, 0.5) is 8.78 Å². The van der Waals surface area contributed by atoms with Crippen LogP contribution in [-0.4, -0.2) is 46.7 Å². The largest absolute Gasteiger partial charge is 0.497 e. The number of nitrogens with zero attached hydrogens (tertiary/aromatic N) is 2. The van der Waals surface area contributed by atoms with Gasteiger partial charge in [-0.1, -0.05) is 0 Å². The fourth-order valence-electron chi connectivity index (χ4n) is 2.44. The number of nitrogens with one attached hydrogen (secondary N) is 3. The number of aromatic amines is 1. The third kappa shape index (κ3) is 3.67. The number of ether oxygens (including phenoxy) is 1. The molecule has 1 amide bonds. The second kappa shape index (κ2) is 6.52. The number of aromatic nitrogens is 3. The van der Waals surface area contributed by atoms with Gasteiger partial charge in [-0.15, -0.1) is 0 Å². The van der Waals surface area contributed by atoms with Crippen LogP contribution in [0.3, 0.4) is 0 Å². The van der Waals surface area contributed by atoms with Crippen molar-refractivity contribution >= 4 is 5.91 Å². The Bertz CT molecular complexity index is 717. The van der Waals surface area contributed by atoms with Gasteiger partial charge in [-0.3, -0.25) is 15.2 Å². The number of hydrogen-bond acceptors (Lipinski definition) is 5. The number of H-pyrrole nitrogens is 1. The Labute approximate surface area is 136 Å². The molecule has 3 rings (SSSR count). The Morgan fingerprint density at radius 3 is 2.79 bits per heavy atom. The molecule has 1 aromatic carbocycles. The molecule has 7 nitrogen and oxygen atoms in total. The molecule has 0 aliphatic carbocycles. The van der Waals surface area contributed by atoms with Gasteiger partial charge in [0, 0.05) is 12.0 Å². The van der Waals surface area contributed by atoms with Crippen LogP contribution < -0.4 is 15.4 Å². The molecule has 1 aliphatic heterocycles. The van der Waals surface area contributed by atoms with Crippen molar-refractivity contribution in [2.75, 3.05) is 13.7 Å². The first-order valence-corrected chi connectivity index (χ1v) is 7.41. The van der Waals surface area contributed by atoms with Crippen molar-refractivity contribution < 1.29 is 18.3 Å². The molecule has 2 aromatic rings. The molecule has 0 bridgehead atoms. The van der Waals surface area contributed by atoms with Crippen LogP contribution in [0.2, 0.25) is 0 Å². The van der Waals surface area contributed by atoms with Crippen molar-refractivity contribution in [3.63, 3.8) is 0 Å². The van der Waals surface area contributed by atoms with Gasteiger partial charge in [0.05, 0.1) is 26.2 Å². The zero-order valence-corrected chi connectivity index (χ0v) is 13.0. The molecule has 1 unspecified atom stereocenters. The molecule has 1 saturated heterocycles. The Morgan fingerprint density at radius 1 is 1.42 bits per heavy atom. The monoisotopic (exact) mass is 337 g/mol. The molecule has 1 aliphatic rings. The minimum absolute atomic E-state index is 0.0890. The summed E-state index contributed by atoms with van der Waals surface area (Å²) < 4.78 is 31.2. The highest BCUT2D eigenvalue weighted by molar-refractivity contribution is 5.82. The number of rotatable bonds is 5. The van der Waals surface area contributed by atoms with Gasteiger partial charge in [0.1, 0.15) is 11.6 Å². The third-order valence-electron chi connectivity index (χ3n) is 3.74. The first kappa shape index (κ1) is 16.3. The smallest absolute Gasteiger partial charge is 0.262 e. The summed E-state index contributed by atoms with van der Waals surface area (Å²) in [5.74, 6) is -1.67. The molecule has 0 radical (unpaired) electrons. The Balaban J connectivity index is 1.57. The molecular weight excluding hydrogens is 320 g/mol. The van der Waals surface area contributed by atoms with Crippen molar-refractivity contribution in [3.8, 4) is 17.1 Å². The van der Waals surface area contributed by atoms with Crippen LogP contribution in [0.1, 0.15) is 12.2 Å². The molecule has 0 saturated carbocycles. The minimum atomic E-state index is -2.84. The van der Waals surface area contributed by atoms with Gasteiger partial charge >= 0.3 is 0 Å². The van der Waals surface area contributed by atoms with E-state index in [1.807, 2.05) is 12.1 Å². The Hall–Kier alpha value is -2.55. The van der Waals surface area contributed by atoms with Gasteiger partial charge in [-0.2, -0.15) is 5.10 Å². The summed E-state index contributed by atoms with van der Waals surface area (Å²) in [6.45, 7) is -0.388. The summed E-state index contributed by atoms with van der Waals surface area (Å²) in [6.07, 6.45) is -0.494. The molecule has 3 N–H and O–H groups in total. The van der Waals surface area contributed by atoms with E-state index in [9.17, 15) is 13.6 Å². The second-order valence-corrected chi connectivity index (χ2v) is 5.55. The second-order valence-electron chi connectivity index (χ2n) is 5.55. The normalized spacial score (nSPS) is 19.2. The van der Waals surface area contributed by atoms with E-state index in [1.54, 1.807) is 19.2 Å². The lowest BCUT2D eigenvalue weighted by molar-refractivity contribution is -0.123. The zero-order chi connectivity index (χ0) is 17.2. The Kier molecular flexibility index (Phi) is 4.43. The lowest BCUT2D eigenvalue weighted by atomic mass is 10.2. The van der Waals surface area contributed by atoms with Gasteiger partial charge in [0.15, 0.2) is 5.82 Å². The maximum absolute atomic E-state index is 13.1. The summed E-state index contributed by atoms with van der Waals surface area (Å²) in [5.41, 5.74) is 0.793. The van der Waals surface area contributed by atoms with E-state index in [0.717, 1.165) is 11.3 Å². The average Bonchev–Trinajstić information content (AvgIpc) is 3.19. The number of carbonyl (C=O) groups excluding carboxylic acids is 1. The van der Waals surface area contributed by atoms with Crippen LogP contribution in [0.15, 0.2) is 24.3 Å².